The van der Waals surface area contributed by atoms with E-state index in [0.717, 1.165) is 12.1 Å². The number of halogens is 2. The molecule has 3 rings (SSSR count). The summed E-state index contributed by atoms with van der Waals surface area (Å²) >= 11 is 3.08. The van der Waals surface area contributed by atoms with Crippen molar-refractivity contribution in [3.63, 3.8) is 0 Å². The van der Waals surface area contributed by atoms with Gasteiger partial charge < -0.3 is 9.47 Å². The van der Waals surface area contributed by atoms with E-state index >= 15 is 0 Å². The van der Waals surface area contributed by atoms with Crippen LogP contribution in [0.3, 0.4) is 0 Å². The number of nitrogens with zero attached hydrogens (tertiary/aromatic N) is 1. The van der Waals surface area contributed by atoms with Gasteiger partial charge in [-0.15, -0.1) is 0 Å². The molecule has 0 atom stereocenters. The molecule has 0 radical (unpaired) electrons. The first kappa shape index (κ1) is 23.0. The summed E-state index contributed by atoms with van der Waals surface area (Å²) in [6.45, 7) is 0. The number of methoxy groups -OCH3 is 2. The lowest BCUT2D eigenvalue weighted by atomic mass is 10.3. The van der Waals surface area contributed by atoms with Gasteiger partial charge in [0.1, 0.15) is 23.0 Å². The molecule has 0 aliphatic rings. The number of hydrogen-bond donors (Lipinski definition) is 0. The molecule has 3 aromatic rings. The van der Waals surface area contributed by atoms with Gasteiger partial charge in [-0.1, -0.05) is 15.9 Å². The van der Waals surface area contributed by atoms with E-state index < -0.39 is 31.6 Å². The van der Waals surface area contributed by atoms with Crippen LogP contribution in [0, 0.1) is 5.82 Å². The standard InChI is InChI=1S/C20H17BrFNO6S2/c1-28-15-4-8-17(9-5-15)30(24,25)23(20-12-3-14(21)13-19(20)22)31(26,27)18-10-6-16(29-2)7-11-18/h3-13H,1-2H3. The van der Waals surface area contributed by atoms with Gasteiger partial charge in [0.25, 0.3) is 20.0 Å². The van der Waals surface area contributed by atoms with Crippen molar-refractivity contribution in [2.45, 2.75) is 9.79 Å². The van der Waals surface area contributed by atoms with Gasteiger partial charge in [-0.2, -0.15) is 3.71 Å². The monoisotopic (exact) mass is 529 g/mol. The first-order chi connectivity index (χ1) is 14.6. The molecule has 0 spiro atoms. The van der Waals surface area contributed by atoms with Crippen molar-refractivity contribution in [2.75, 3.05) is 17.9 Å². The molecule has 0 saturated carbocycles. The summed E-state index contributed by atoms with van der Waals surface area (Å²) in [6.07, 6.45) is 0. The number of hydrogen-bond acceptors (Lipinski definition) is 6. The van der Waals surface area contributed by atoms with Gasteiger partial charge in [-0.25, -0.2) is 21.2 Å². The van der Waals surface area contributed by atoms with E-state index in [4.69, 9.17) is 9.47 Å². The first-order valence-corrected chi connectivity index (χ1v) is 12.3. The molecule has 0 saturated heterocycles. The highest BCUT2D eigenvalue weighted by atomic mass is 79.9. The number of rotatable bonds is 7. The van der Waals surface area contributed by atoms with Crippen molar-refractivity contribution in [2.24, 2.45) is 0 Å². The Kier molecular flexibility index (Phi) is 6.58. The van der Waals surface area contributed by atoms with Gasteiger partial charge in [0, 0.05) is 4.47 Å². The molecular formula is C20H17BrFNO6S2. The molecule has 164 valence electrons. The van der Waals surface area contributed by atoms with Crippen molar-refractivity contribution in [1.82, 2.24) is 0 Å². The third-order valence-electron chi connectivity index (χ3n) is 4.26. The second-order valence-electron chi connectivity index (χ2n) is 6.15. The van der Waals surface area contributed by atoms with Crippen LogP contribution in [-0.2, 0) is 20.0 Å². The van der Waals surface area contributed by atoms with Crippen molar-refractivity contribution in [3.05, 3.63) is 77.0 Å². The Bertz CT molecular complexity index is 1220. The Hall–Kier alpha value is -2.63. The molecule has 0 fully saturated rings. The van der Waals surface area contributed by atoms with Crippen LogP contribution >= 0.6 is 15.9 Å². The van der Waals surface area contributed by atoms with Crippen LogP contribution in [0.4, 0.5) is 10.1 Å². The third-order valence-corrected chi connectivity index (χ3v) is 8.93. The van der Waals surface area contributed by atoms with Crippen LogP contribution < -0.4 is 13.2 Å². The third kappa shape index (κ3) is 4.53. The Morgan fingerprint density at radius 3 is 1.52 bits per heavy atom. The minimum Gasteiger partial charge on any atom is -0.497 e. The second-order valence-corrected chi connectivity index (χ2v) is 10.9. The lowest BCUT2D eigenvalue weighted by Gasteiger charge is -2.24. The maximum absolute atomic E-state index is 14.8. The van der Waals surface area contributed by atoms with E-state index in [9.17, 15) is 21.2 Å². The average Bonchev–Trinajstić information content (AvgIpc) is 2.75. The molecule has 0 heterocycles. The Labute approximate surface area is 188 Å². The van der Waals surface area contributed by atoms with E-state index in [1.165, 1.54) is 68.8 Å². The fraction of sp³-hybridized carbons (Fsp3) is 0.100. The van der Waals surface area contributed by atoms with Crippen molar-refractivity contribution in [3.8, 4) is 11.5 Å². The fourth-order valence-corrected chi connectivity index (χ4v) is 6.74. The minimum absolute atomic E-state index is 0.0887. The highest BCUT2D eigenvalue weighted by Gasteiger charge is 2.38. The van der Waals surface area contributed by atoms with Gasteiger partial charge in [-0.3, -0.25) is 0 Å². The highest BCUT2D eigenvalue weighted by Crippen LogP contribution is 2.34. The molecule has 31 heavy (non-hydrogen) atoms. The largest absolute Gasteiger partial charge is 0.497 e. The van der Waals surface area contributed by atoms with Crippen LogP contribution in [0.1, 0.15) is 0 Å². The zero-order chi connectivity index (χ0) is 22.8. The van der Waals surface area contributed by atoms with Crippen LogP contribution in [-0.4, -0.2) is 31.1 Å². The summed E-state index contributed by atoms with van der Waals surface area (Å²) < 4.78 is 78.9. The predicted molar refractivity (Wildman–Crippen MR) is 117 cm³/mol. The fourth-order valence-electron chi connectivity index (χ4n) is 2.70. The molecule has 0 N–H and O–H groups in total. The van der Waals surface area contributed by atoms with Crippen LogP contribution in [0.15, 0.2) is 81.0 Å². The molecule has 0 unspecified atom stereocenters. The summed E-state index contributed by atoms with van der Waals surface area (Å²) in [4.78, 5) is -0.708. The molecule has 3 aromatic carbocycles. The van der Waals surface area contributed by atoms with Gasteiger partial charge >= 0.3 is 0 Å². The normalized spacial score (nSPS) is 11.7. The smallest absolute Gasteiger partial charge is 0.277 e. The van der Waals surface area contributed by atoms with Crippen molar-refractivity contribution < 1.29 is 30.7 Å². The van der Waals surface area contributed by atoms with Gasteiger partial charge in [-0.05, 0) is 66.7 Å². The van der Waals surface area contributed by atoms with Gasteiger partial charge in [0.05, 0.1) is 24.0 Å². The molecule has 0 amide bonds. The van der Waals surface area contributed by atoms with E-state index in [2.05, 4.69) is 15.9 Å². The van der Waals surface area contributed by atoms with E-state index in [1.807, 2.05) is 0 Å². The predicted octanol–water partition coefficient (Wildman–Crippen LogP) is 4.19. The zero-order valence-corrected chi connectivity index (χ0v) is 19.5. The van der Waals surface area contributed by atoms with E-state index in [1.54, 1.807) is 0 Å². The molecule has 0 aromatic heterocycles. The summed E-state index contributed by atoms with van der Waals surface area (Å²) in [5.74, 6) is -0.291. The van der Waals surface area contributed by atoms with Gasteiger partial charge in [0.2, 0.25) is 0 Å². The Morgan fingerprint density at radius 1 is 0.742 bits per heavy atom. The zero-order valence-electron chi connectivity index (χ0n) is 16.3. The summed E-state index contributed by atoms with van der Waals surface area (Å²) in [6, 6.07) is 13.6. The second kappa shape index (κ2) is 8.85. The van der Waals surface area contributed by atoms with Crippen LogP contribution in [0.5, 0.6) is 11.5 Å². The maximum atomic E-state index is 14.8. The van der Waals surface area contributed by atoms with Gasteiger partial charge in [0.15, 0.2) is 0 Å². The van der Waals surface area contributed by atoms with Crippen molar-refractivity contribution in [1.29, 1.82) is 0 Å². The number of ether oxygens (including phenoxy) is 2. The van der Waals surface area contributed by atoms with E-state index in [0.29, 0.717) is 16.0 Å². The SMILES string of the molecule is COc1ccc(S(=O)(=O)N(c2ccc(Br)cc2F)S(=O)(=O)c2ccc(OC)cc2)cc1. The molecular weight excluding hydrogens is 513 g/mol. The molecule has 11 heteroatoms. The Morgan fingerprint density at radius 2 is 1.16 bits per heavy atom. The topological polar surface area (TPSA) is 90.0 Å². The number of sulfonamides is 2. The minimum atomic E-state index is -4.73. The van der Waals surface area contributed by atoms with E-state index in [-0.39, 0.29) is 13.5 Å². The Balaban J connectivity index is 2.25. The summed E-state index contributed by atoms with van der Waals surface area (Å²) in [5, 5.41) is 0. The first-order valence-electron chi connectivity index (χ1n) is 8.65. The van der Waals surface area contributed by atoms with Crippen LogP contribution in [0.25, 0.3) is 0 Å². The lowest BCUT2D eigenvalue weighted by Crippen LogP contribution is -2.37. The van der Waals surface area contributed by atoms with Crippen molar-refractivity contribution >= 4 is 41.7 Å². The summed E-state index contributed by atoms with van der Waals surface area (Å²) in [5.41, 5.74) is -0.644. The summed E-state index contributed by atoms with van der Waals surface area (Å²) in [7, 11) is -6.66. The highest BCUT2D eigenvalue weighted by molar-refractivity contribution is 9.10. The molecule has 7 nitrogen and oxygen atoms in total. The maximum Gasteiger partial charge on any atom is 0.277 e. The average molecular weight is 530 g/mol. The molecule has 0 aliphatic carbocycles. The molecule has 0 aliphatic heterocycles. The quantitative estimate of drug-likeness (QED) is 0.455. The number of benzene rings is 3. The lowest BCUT2D eigenvalue weighted by molar-refractivity contribution is 0.414. The van der Waals surface area contributed by atoms with Crippen LogP contribution in [0.2, 0.25) is 0 Å². The molecule has 0 bridgehead atoms. The number of anilines is 1.